The van der Waals surface area contributed by atoms with E-state index in [1.165, 1.54) is 25.6 Å². The van der Waals surface area contributed by atoms with Crippen LogP contribution in [0, 0.1) is 5.82 Å². The van der Waals surface area contributed by atoms with Crippen molar-refractivity contribution in [1.29, 1.82) is 0 Å². The molecule has 0 amide bonds. The van der Waals surface area contributed by atoms with Gasteiger partial charge in [0.2, 0.25) is 5.88 Å². The lowest BCUT2D eigenvalue weighted by Gasteiger charge is -2.26. The number of ether oxygens (including phenoxy) is 3. The molecule has 33 heavy (non-hydrogen) atoms. The van der Waals surface area contributed by atoms with Crippen molar-refractivity contribution in [3.05, 3.63) is 47.5 Å². The van der Waals surface area contributed by atoms with Crippen LogP contribution in [0.5, 0.6) is 23.1 Å². The third-order valence-electron chi connectivity index (χ3n) is 5.30. The molecule has 0 radical (unpaired) electrons. The Morgan fingerprint density at radius 2 is 1.88 bits per heavy atom. The number of fused-ring (bicyclic) bond motifs is 1. The lowest BCUT2D eigenvalue weighted by Crippen LogP contribution is -2.40. The molecule has 0 unspecified atom stereocenters. The summed E-state index contributed by atoms with van der Waals surface area (Å²) in [4.78, 5) is 10.5. The molecule has 1 aromatic heterocycles. The predicted octanol–water partition coefficient (Wildman–Crippen LogP) is 3.72. The first-order valence-electron chi connectivity index (χ1n) is 10.4. The van der Waals surface area contributed by atoms with Gasteiger partial charge in [0.05, 0.1) is 36.1 Å². The van der Waals surface area contributed by atoms with Gasteiger partial charge in [-0.1, -0.05) is 11.6 Å². The molecule has 1 saturated heterocycles. The Bertz CT molecular complexity index is 1240. The highest BCUT2D eigenvalue weighted by Gasteiger charge is 2.21. The third kappa shape index (κ3) is 5.82. The first kappa shape index (κ1) is 23.5. The van der Waals surface area contributed by atoms with Crippen LogP contribution in [0.2, 0.25) is 5.02 Å². The largest absolute Gasteiger partial charge is 0.493 e. The summed E-state index contributed by atoms with van der Waals surface area (Å²) in [5.41, 5.74) is 0.548. The molecule has 0 bridgehead atoms. The Morgan fingerprint density at radius 1 is 1.09 bits per heavy atom. The van der Waals surface area contributed by atoms with Crippen LogP contribution < -0.4 is 14.2 Å². The SMILES string of the molecule is COc1cc2c(Oc3ccc(Cl)cc3F)ncnc2cc1OCCCN1CCS(=O)(=O)CC1. The molecule has 1 aliphatic rings. The molecule has 3 aromatic rings. The Balaban J connectivity index is 1.45. The molecule has 0 spiro atoms. The van der Waals surface area contributed by atoms with Crippen molar-refractivity contribution >= 4 is 32.3 Å². The zero-order valence-corrected chi connectivity index (χ0v) is 19.5. The summed E-state index contributed by atoms with van der Waals surface area (Å²) in [5, 5.41) is 0.798. The zero-order chi connectivity index (χ0) is 23.4. The summed E-state index contributed by atoms with van der Waals surface area (Å²) in [7, 11) is -1.37. The summed E-state index contributed by atoms with van der Waals surface area (Å²) < 4.78 is 54.3. The van der Waals surface area contributed by atoms with Gasteiger partial charge in [-0.15, -0.1) is 0 Å². The van der Waals surface area contributed by atoms with Gasteiger partial charge in [-0.05, 0) is 30.7 Å². The number of halogens is 2. The number of benzene rings is 2. The standard InChI is InChI=1S/C22H23ClFN3O5S/c1-30-20-12-16-18(25-14-26-22(16)32-19-4-3-15(23)11-17(19)24)13-21(20)31-8-2-5-27-6-9-33(28,29)10-7-27/h3-4,11-14H,2,5-10H2,1H3. The molecule has 4 rings (SSSR count). The van der Waals surface area contributed by atoms with Crippen LogP contribution in [0.3, 0.4) is 0 Å². The first-order valence-corrected chi connectivity index (χ1v) is 12.6. The normalized spacial score (nSPS) is 16.0. The number of rotatable bonds is 8. The minimum Gasteiger partial charge on any atom is -0.493 e. The molecular formula is C22H23ClFN3O5S. The number of hydrogen-bond donors (Lipinski definition) is 0. The van der Waals surface area contributed by atoms with E-state index in [2.05, 4.69) is 14.9 Å². The second-order valence-electron chi connectivity index (χ2n) is 7.57. The van der Waals surface area contributed by atoms with Gasteiger partial charge in [0.15, 0.2) is 32.9 Å². The molecule has 11 heteroatoms. The highest BCUT2D eigenvalue weighted by molar-refractivity contribution is 7.91. The molecule has 176 valence electrons. The van der Waals surface area contributed by atoms with Crippen LogP contribution in [0.15, 0.2) is 36.7 Å². The second kappa shape index (κ2) is 10.1. The number of aromatic nitrogens is 2. The Hall–Kier alpha value is -2.69. The molecule has 0 N–H and O–H groups in total. The molecule has 0 aliphatic carbocycles. The molecule has 0 saturated carbocycles. The fourth-order valence-corrected chi connectivity index (χ4v) is 4.94. The lowest BCUT2D eigenvalue weighted by molar-refractivity contribution is 0.240. The molecule has 0 atom stereocenters. The average Bonchev–Trinajstić information content (AvgIpc) is 2.79. The van der Waals surface area contributed by atoms with Gasteiger partial charge >= 0.3 is 0 Å². The topological polar surface area (TPSA) is 90.8 Å². The van der Waals surface area contributed by atoms with E-state index in [1.807, 2.05) is 0 Å². The Morgan fingerprint density at radius 3 is 2.61 bits per heavy atom. The number of nitrogens with zero attached hydrogens (tertiary/aromatic N) is 3. The summed E-state index contributed by atoms with van der Waals surface area (Å²) in [6.07, 6.45) is 2.06. The molecule has 1 aliphatic heterocycles. The molecule has 2 heterocycles. The maximum absolute atomic E-state index is 14.2. The first-order chi connectivity index (χ1) is 15.8. The van der Waals surface area contributed by atoms with Gasteiger partial charge in [-0.2, -0.15) is 0 Å². The summed E-state index contributed by atoms with van der Waals surface area (Å²) in [5.74, 6) is 0.936. The van der Waals surface area contributed by atoms with Crippen LogP contribution in [0.25, 0.3) is 10.9 Å². The second-order valence-corrected chi connectivity index (χ2v) is 10.3. The zero-order valence-electron chi connectivity index (χ0n) is 18.0. The Labute approximate surface area is 196 Å². The van der Waals surface area contributed by atoms with E-state index >= 15 is 0 Å². The van der Waals surface area contributed by atoms with E-state index in [0.717, 1.165) is 19.0 Å². The van der Waals surface area contributed by atoms with Crippen molar-refractivity contribution in [2.75, 3.05) is 44.9 Å². The van der Waals surface area contributed by atoms with Gasteiger partial charge in [0.25, 0.3) is 0 Å². The fraction of sp³-hybridized carbons (Fsp3) is 0.364. The number of sulfone groups is 1. The molecule has 8 nitrogen and oxygen atoms in total. The van der Waals surface area contributed by atoms with Gasteiger partial charge in [-0.25, -0.2) is 22.8 Å². The maximum Gasteiger partial charge on any atom is 0.230 e. The van der Waals surface area contributed by atoms with Crippen LogP contribution in [0.4, 0.5) is 4.39 Å². The van der Waals surface area contributed by atoms with Gasteiger partial charge < -0.3 is 19.1 Å². The van der Waals surface area contributed by atoms with Crippen molar-refractivity contribution < 1.29 is 27.0 Å². The predicted molar refractivity (Wildman–Crippen MR) is 123 cm³/mol. The van der Waals surface area contributed by atoms with Crippen LogP contribution in [-0.4, -0.2) is 68.1 Å². The van der Waals surface area contributed by atoms with Crippen molar-refractivity contribution in [1.82, 2.24) is 14.9 Å². The number of methoxy groups -OCH3 is 1. The highest BCUT2D eigenvalue weighted by atomic mass is 35.5. The third-order valence-corrected chi connectivity index (χ3v) is 7.14. The molecule has 1 fully saturated rings. The molecular weight excluding hydrogens is 473 g/mol. The van der Waals surface area contributed by atoms with Crippen molar-refractivity contribution in [3.8, 4) is 23.1 Å². The quantitative estimate of drug-likeness (QED) is 0.437. The molecule has 2 aromatic carbocycles. The average molecular weight is 496 g/mol. The van der Waals surface area contributed by atoms with E-state index in [-0.39, 0.29) is 28.2 Å². The maximum atomic E-state index is 14.2. The Kier molecular flexibility index (Phi) is 7.16. The summed E-state index contributed by atoms with van der Waals surface area (Å²) in [6.45, 7) is 2.28. The van der Waals surface area contributed by atoms with Crippen molar-refractivity contribution in [2.45, 2.75) is 6.42 Å². The fourth-order valence-electron chi connectivity index (χ4n) is 3.50. The van der Waals surface area contributed by atoms with E-state index in [0.29, 0.717) is 42.1 Å². The van der Waals surface area contributed by atoms with E-state index in [1.54, 1.807) is 12.1 Å². The highest BCUT2D eigenvalue weighted by Crippen LogP contribution is 2.36. The minimum atomic E-state index is -2.89. The van der Waals surface area contributed by atoms with E-state index in [9.17, 15) is 12.8 Å². The summed E-state index contributed by atoms with van der Waals surface area (Å²) in [6, 6.07) is 7.52. The monoisotopic (exact) mass is 495 g/mol. The minimum absolute atomic E-state index is 0.00999. The number of hydrogen-bond acceptors (Lipinski definition) is 8. The smallest absolute Gasteiger partial charge is 0.230 e. The van der Waals surface area contributed by atoms with E-state index < -0.39 is 15.7 Å². The lowest BCUT2D eigenvalue weighted by atomic mass is 10.2. The van der Waals surface area contributed by atoms with Crippen LogP contribution >= 0.6 is 11.6 Å². The summed E-state index contributed by atoms with van der Waals surface area (Å²) >= 11 is 5.80. The van der Waals surface area contributed by atoms with Crippen LogP contribution in [0.1, 0.15) is 6.42 Å². The van der Waals surface area contributed by atoms with Crippen molar-refractivity contribution in [3.63, 3.8) is 0 Å². The van der Waals surface area contributed by atoms with Crippen molar-refractivity contribution in [2.24, 2.45) is 0 Å². The van der Waals surface area contributed by atoms with Crippen LogP contribution in [-0.2, 0) is 9.84 Å². The van der Waals surface area contributed by atoms with Gasteiger partial charge in [-0.3, -0.25) is 0 Å². The van der Waals surface area contributed by atoms with Gasteiger partial charge in [0, 0.05) is 30.7 Å². The van der Waals surface area contributed by atoms with E-state index in [4.69, 9.17) is 25.8 Å². The van der Waals surface area contributed by atoms with Gasteiger partial charge in [0.1, 0.15) is 6.33 Å².